The molecule has 0 radical (unpaired) electrons. The molecule has 0 aromatic heterocycles. The highest BCUT2D eigenvalue weighted by Gasteiger charge is 2.28. The van der Waals surface area contributed by atoms with Gasteiger partial charge in [-0.1, -0.05) is 24.0 Å². The van der Waals surface area contributed by atoms with Crippen molar-refractivity contribution < 1.29 is 4.79 Å². The van der Waals surface area contributed by atoms with E-state index in [1.807, 2.05) is 36.4 Å². The fraction of sp³-hybridized carbons (Fsp3) is 0.0556. The number of fused-ring (bicyclic) bond motifs is 3. The summed E-state index contributed by atoms with van der Waals surface area (Å²) in [7, 11) is 0. The van der Waals surface area contributed by atoms with Crippen LogP contribution in [0.5, 0.6) is 0 Å². The number of terminal acetylenes is 2. The molecular weight excluding hydrogens is 232 g/mol. The van der Waals surface area contributed by atoms with Gasteiger partial charge in [-0.25, -0.2) is 0 Å². The van der Waals surface area contributed by atoms with Gasteiger partial charge in [-0.3, -0.25) is 0 Å². The van der Waals surface area contributed by atoms with Gasteiger partial charge in [-0.2, -0.15) is 0 Å². The molecule has 1 aliphatic rings. The minimum absolute atomic E-state index is 0.272. The highest BCUT2D eigenvalue weighted by molar-refractivity contribution is 5.88. The van der Waals surface area contributed by atoms with Crippen molar-refractivity contribution in [3.05, 3.63) is 58.7 Å². The van der Waals surface area contributed by atoms with Crippen LogP contribution < -0.4 is 0 Å². The molecule has 0 amide bonds. The van der Waals surface area contributed by atoms with Gasteiger partial charge in [0.1, 0.15) is 6.29 Å². The normalized spacial score (nSPS) is 12.1. The van der Waals surface area contributed by atoms with Crippen molar-refractivity contribution in [2.24, 2.45) is 0 Å². The second-order valence-electron chi connectivity index (χ2n) is 4.51. The Morgan fingerprint density at radius 3 is 1.74 bits per heavy atom. The zero-order chi connectivity index (χ0) is 13.4. The second kappa shape index (κ2) is 4.16. The number of carbonyl (C=O) groups is 1. The van der Waals surface area contributed by atoms with Gasteiger partial charge < -0.3 is 4.79 Å². The van der Waals surface area contributed by atoms with Crippen LogP contribution >= 0.6 is 0 Å². The molecule has 1 heteroatoms. The largest absolute Gasteiger partial charge is 0.302 e. The van der Waals surface area contributed by atoms with Crippen molar-refractivity contribution >= 4 is 6.29 Å². The molecule has 0 fully saturated rings. The van der Waals surface area contributed by atoms with Crippen LogP contribution in [0.1, 0.15) is 28.2 Å². The van der Waals surface area contributed by atoms with Crippen molar-refractivity contribution in [1.82, 2.24) is 0 Å². The Labute approximate surface area is 112 Å². The van der Waals surface area contributed by atoms with Crippen LogP contribution in [0.4, 0.5) is 0 Å². The molecule has 1 nitrogen and oxygen atoms in total. The molecule has 2 aromatic rings. The molecule has 3 rings (SSSR count). The SMILES string of the molecule is C#Cc1ccc2c(c1)C(C=O)c1cc(C#C)ccc1-2. The lowest BCUT2D eigenvalue weighted by Gasteiger charge is -2.05. The van der Waals surface area contributed by atoms with Crippen LogP contribution in [0.25, 0.3) is 11.1 Å². The number of aldehydes is 1. The minimum atomic E-state index is -0.272. The van der Waals surface area contributed by atoms with Crippen molar-refractivity contribution in [3.63, 3.8) is 0 Å². The lowest BCUT2D eigenvalue weighted by molar-refractivity contribution is -0.108. The molecule has 0 heterocycles. The Morgan fingerprint density at radius 2 is 1.37 bits per heavy atom. The predicted octanol–water partition coefficient (Wildman–Crippen LogP) is 2.96. The van der Waals surface area contributed by atoms with E-state index in [1.165, 1.54) is 0 Å². The zero-order valence-electron chi connectivity index (χ0n) is 10.2. The third kappa shape index (κ3) is 1.57. The van der Waals surface area contributed by atoms with Crippen molar-refractivity contribution in [2.75, 3.05) is 0 Å². The van der Waals surface area contributed by atoms with Gasteiger partial charge >= 0.3 is 0 Å². The van der Waals surface area contributed by atoms with Crippen LogP contribution in [-0.4, -0.2) is 6.29 Å². The summed E-state index contributed by atoms with van der Waals surface area (Å²) in [5.74, 6) is 4.93. The van der Waals surface area contributed by atoms with Crippen molar-refractivity contribution in [2.45, 2.75) is 5.92 Å². The fourth-order valence-corrected chi connectivity index (χ4v) is 2.62. The Hall–Kier alpha value is -2.77. The van der Waals surface area contributed by atoms with Gasteiger partial charge in [0.05, 0.1) is 5.92 Å². The van der Waals surface area contributed by atoms with Gasteiger partial charge in [-0.15, -0.1) is 12.8 Å². The van der Waals surface area contributed by atoms with Gasteiger partial charge in [0, 0.05) is 11.1 Å². The predicted molar refractivity (Wildman–Crippen MR) is 75.7 cm³/mol. The Balaban J connectivity index is 2.29. The van der Waals surface area contributed by atoms with Gasteiger partial charge in [0.25, 0.3) is 0 Å². The summed E-state index contributed by atoms with van der Waals surface area (Å²) in [6.07, 6.45) is 11.8. The number of hydrogen-bond donors (Lipinski definition) is 0. The van der Waals surface area contributed by atoms with E-state index in [4.69, 9.17) is 12.8 Å². The average Bonchev–Trinajstić information content (AvgIpc) is 2.78. The summed E-state index contributed by atoms with van der Waals surface area (Å²) in [6, 6.07) is 11.6. The van der Waals surface area contributed by atoms with Gasteiger partial charge in [-0.05, 0) is 46.5 Å². The third-order valence-electron chi connectivity index (χ3n) is 3.53. The van der Waals surface area contributed by atoms with E-state index in [0.717, 1.165) is 39.7 Å². The first kappa shape index (κ1) is 11.3. The summed E-state index contributed by atoms with van der Waals surface area (Å²) in [5, 5.41) is 0. The smallest absolute Gasteiger partial charge is 0.131 e. The number of carbonyl (C=O) groups excluding carboxylic acids is 1. The maximum atomic E-state index is 11.4. The Morgan fingerprint density at radius 1 is 0.895 bits per heavy atom. The summed E-state index contributed by atoms with van der Waals surface area (Å²) in [4.78, 5) is 11.4. The monoisotopic (exact) mass is 242 g/mol. The molecule has 2 aromatic carbocycles. The Kier molecular flexibility index (Phi) is 2.48. The van der Waals surface area contributed by atoms with Crippen LogP contribution in [0, 0.1) is 24.7 Å². The molecular formula is C18H10O. The molecule has 0 spiro atoms. The van der Waals surface area contributed by atoms with Gasteiger partial charge in [0.15, 0.2) is 0 Å². The highest BCUT2D eigenvalue weighted by atomic mass is 16.1. The van der Waals surface area contributed by atoms with E-state index in [-0.39, 0.29) is 5.92 Å². The van der Waals surface area contributed by atoms with Gasteiger partial charge in [0.2, 0.25) is 0 Å². The molecule has 19 heavy (non-hydrogen) atoms. The van der Waals surface area contributed by atoms with Crippen molar-refractivity contribution in [1.29, 1.82) is 0 Å². The van der Waals surface area contributed by atoms with E-state index in [9.17, 15) is 4.79 Å². The number of rotatable bonds is 1. The summed E-state index contributed by atoms with van der Waals surface area (Å²) in [5.41, 5.74) is 5.64. The standard InChI is InChI=1S/C18H10O/c1-3-12-5-7-14-15-8-6-13(4-2)10-17(15)18(11-19)16(14)9-12/h1-2,5-11,18H. The lowest BCUT2D eigenvalue weighted by atomic mass is 9.96. The molecule has 0 saturated heterocycles. The van der Waals surface area contributed by atoms with Crippen LogP contribution in [0.3, 0.4) is 0 Å². The minimum Gasteiger partial charge on any atom is -0.302 e. The van der Waals surface area contributed by atoms with Crippen LogP contribution in [0.2, 0.25) is 0 Å². The van der Waals surface area contributed by atoms with Crippen molar-refractivity contribution in [3.8, 4) is 35.8 Å². The first-order valence-corrected chi connectivity index (χ1v) is 5.95. The quantitative estimate of drug-likeness (QED) is 0.555. The molecule has 0 unspecified atom stereocenters. The van der Waals surface area contributed by atoms with Crippen LogP contribution in [0.15, 0.2) is 36.4 Å². The maximum Gasteiger partial charge on any atom is 0.131 e. The van der Waals surface area contributed by atoms with E-state index in [0.29, 0.717) is 0 Å². The fourth-order valence-electron chi connectivity index (χ4n) is 2.62. The number of hydrogen-bond acceptors (Lipinski definition) is 1. The van der Waals surface area contributed by atoms with Crippen LogP contribution in [-0.2, 0) is 4.79 Å². The Bertz CT molecular complexity index is 706. The van der Waals surface area contributed by atoms with E-state index >= 15 is 0 Å². The first-order valence-electron chi connectivity index (χ1n) is 5.95. The van der Waals surface area contributed by atoms with E-state index in [1.54, 1.807) is 0 Å². The summed E-state index contributed by atoms with van der Waals surface area (Å²) in [6.45, 7) is 0. The van der Waals surface area contributed by atoms with E-state index in [2.05, 4.69) is 11.8 Å². The highest BCUT2D eigenvalue weighted by Crippen LogP contribution is 2.44. The zero-order valence-corrected chi connectivity index (χ0v) is 10.2. The molecule has 1 aliphatic carbocycles. The maximum absolute atomic E-state index is 11.4. The molecule has 0 saturated carbocycles. The summed E-state index contributed by atoms with van der Waals surface area (Å²) >= 11 is 0. The lowest BCUT2D eigenvalue weighted by Crippen LogP contribution is -1.98. The topological polar surface area (TPSA) is 17.1 Å². The second-order valence-corrected chi connectivity index (χ2v) is 4.51. The van der Waals surface area contributed by atoms with E-state index < -0.39 is 0 Å². The molecule has 0 aliphatic heterocycles. The molecule has 0 N–H and O–H groups in total. The average molecular weight is 242 g/mol. The molecule has 88 valence electrons. The first-order chi connectivity index (χ1) is 9.28. The number of benzene rings is 2. The molecule has 0 atom stereocenters. The third-order valence-corrected chi connectivity index (χ3v) is 3.53. The summed E-state index contributed by atoms with van der Waals surface area (Å²) < 4.78 is 0. The molecule has 0 bridgehead atoms.